The normalized spacial score (nSPS) is 10.3. The van der Waals surface area contributed by atoms with Crippen molar-refractivity contribution in [1.82, 2.24) is 5.32 Å². The van der Waals surface area contributed by atoms with Crippen molar-refractivity contribution in [3.05, 3.63) is 28.8 Å². The Morgan fingerprint density at radius 2 is 2.19 bits per heavy atom. The monoisotopic (exact) mass is 241 g/mol. The van der Waals surface area contributed by atoms with Crippen molar-refractivity contribution in [3.8, 4) is 5.75 Å². The van der Waals surface area contributed by atoms with E-state index in [1.807, 2.05) is 13.8 Å². The summed E-state index contributed by atoms with van der Waals surface area (Å²) in [6, 6.07) is 5.45. The molecule has 0 atom stereocenters. The lowest BCUT2D eigenvalue weighted by molar-refractivity contribution is -0.120. The first-order valence-corrected chi connectivity index (χ1v) is 5.52. The third kappa shape index (κ3) is 3.74. The van der Waals surface area contributed by atoms with E-state index < -0.39 is 0 Å². The Balaban J connectivity index is 2.70. The minimum atomic E-state index is -0.0259. The Labute approximate surface area is 101 Å². The number of benzene rings is 1. The predicted molar refractivity (Wildman–Crippen MR) is 65.0 cm³/mol. The molecule has 1 rings (SSSR count). The van der Waals surface area contributed by atoms with E-state index in [1.54, 1.807) is 25.3 Å². The van der Waals surface area contributed by atoms with Crippen molar-refractivity contribution in [1.29, 1.82) is 0 Å². The molecule has 0 unspecified atom stereocenters. The fourth-order valence-corrected chi connectivity index (χ4v) is 1.58. The molecule has 16 heavy (non-hydrogen) atoms. The summed E-state index contributed by atoms with van der Waals surface area (Å²) in [5.74, 6) is 0.667. The molecule has 4 heteroatoms. The maximum absolute atomic E-state index is 11.5. The van der Waals surface area contributed by atoms with Gasteiger partial charge >= 0.3 is 0 Å². The predicted octanol–water partition coefficient (Wildman–Crippen LogP) is 2.42. The Bertz CT molecular complexity index is 377. The summed E-state index contributed by atoms with van der Waals surface area (Å²) in [4.78, 5) is 11.5. The van der Waals surface area contributed by atoms with Gasteiger partial charge < -0.3 is 10.1 Å². The smallest absolute Gasteiger partial charge is 0.224 e. The lowest BCUT2D eigenvalue weighted by Crippen LogP contribution is -2.31. The molecule has 0 saturated carbocycles. The van der Waals surface area contributed by atoms with Crippen LogP contribution in [0, 0.1) is 0 Å². The molecule has 1 amide bonds. The van der Waals surface area contributed by atoms with Crippen LogP contribution in [0.2, 0.25) is 5.02 Å². The van der Waals surface area contributed by atoms with Crippen LogP contribution in [0.25, 0.3) is 0 Å². The summed E-state index contributed by atoms with van der Waals surface area (Å²) in [7, 11) is 1.58. The Morgan fingerprint density at radius 3 is 2.69 bits per heavy atom. The Morgan fingerprint density at radius 1 is 1.50 bits per heavy atom. The number of amides is 1. The van der Waals surface area contributed by atoms with Crippen LogP contribution in [0.5, 0.6) is 5.75 Å². The molecule has 0 aliphatic rings. The van der Waals surface area contributed by atoms with Gasteiger partial charge in [0.25, 0.3) is 0 Å². The molecule has 1 aromatic carbocycles. The minimum absolute atomic E-state index is 0.0259. The standard InChI is InChI=1S/C12H16ClNO2/c1-8(2)14-12(15)6-9-4-5-10(16-3)7-11(9)13/h4-5,7-8H,6H2,1-3H3,(H,14,15). The highest BCUT2D eigenvalue weighted by Gasteiger charge is 2.08. The summed E-state index contributed by atoms with van der Waals surface area (Å²) in [6.07, 6.45) is 0.293. The van der Waals surface area contributed by atoms with Crippen LogP contribution in [0.4, 0.5) is 0 Å². The van der Waals surface area contributed by atoms with Crippen molar-refractivity contribution in [2.45, 2.75) is 26.3 Å². The first-order chi connectivity index (χ1) is 7.52. The molecule has 0 saturated heterocycles. The number of nitrogens with one attached hydrogen (secondary N) is 1. The largest absolute Gasteiger partial charge is 0.497 e. The van der Waals surface area contributed by atoms with Gasteiger partial charge in [0.2, 0.25) is 5.91 Å². The molecular weight excluding hydrogens is 226 g/mol. The summed E-state index contributed by atoms with van der Waals surface area (Å²) >= 11 is 6.03. The van der Waals surface area contributed by atoms with E-state index in [9.17, 15) is 4.79 Å². The molecule has 0 aliphatic carbocycles. The zero-order valence-electron chi connectivity index (χ0n) is 9.71. The summed E-state index contributed by atoms with van der Waals surface area (Å²) in [5, 5.41) is 3.37. The second-order valence-electron chi connectivity index (χ2n) is 3.86. The van der Waals surface area contributed by atoms with E-state index in [1.165, 1.54) is 0 Å². The fraction of sp³-hybridized carbons (Fsp3) is 0.417. The van der Waals surface area contributed by atoms with Gasteiger partial charge in [0.1, 0.15) is 5.75 Å². The second-order valence-corrected chi connectivity index (χ2v) is 4.26. The number of hydrogen-bond donors (Lipinski definition) is 1. The first kappa shape index (κ1) is 12.8. The highest BCUT2D eigenvalue weighted by atomic mass is 35.5. The summed E-state index contributed by atoms with van der Waals surface area (Å²) < 4.78 is 5.03. The van der Waals surface area contributed by atoms with Crippen molar-refractivity contribution >= 4 is 17.5 Å². The number of hydrogen-bond acceptors (Lipinski definition) is 2. The first-order valence-electron chi connectivity index (χ1n) is 5.14. The third-order valence-corrected chi connectivity index (χ3v) is 2.41. The summed E-state index contributed by atoms with van der Waals surface area (Å²) in [6.45, 7) is 3.85. The number of carbonyl (C=O) groups is 1. The lowest BCUT2D eigenvalue weighted by Gasteiger charge is -2.09. The van der Waals surface area contributed by atoms with Gasteiger partial charge in [-0.05, 0) is 31.5 Å². The zero-order chi connectivity index (χ0) is 12.1. The lowest BCUT2D eigenvalue weighted by atomic mass is 10.1. The number of rotatable bonds is 4. The second kappa shape index (κ2) is 5.75. The van der Waals surface area contributed by atoms with Crippen LogP contribution in [-0.4, -0.2) is 19.1 Å². The minimum Gasteiger partial charge on any atom is -0.497 e. The van der Waals surface area contributed by atoms with Crippen molar-refractivity contribution in [3.63, 3.8) is 0 Å². The maximum Gasteiger partial charge on any atom is 0.224 e. The number of methoxy groups -OCH3 is 1. The third-order valence-electron chi connectivity index (χ3n) is 2.06. The number of ether oxygens (including phenoxy) is 1. The average molecular weight is 242 g/mol. The van der Waals surface area contributed by atoms with E-state index >= 15 is 0 Å². The molecule has 88 valence electrons. The van der Waals surface area contributed by atoms with Gasteiger partial charge in [-0.3, -0.25) is 4.79 Å². The van der Waals surface area contributed by atoms with Crippen molar-refractivity contribution < 1.29 is 9.53 Å². The van der Waals surface area contributed by atoms with Gasteiger partial charge in [0.05, 0.1) is 13.5 Å². The molecule has 0 bridgehead atoms. The molecule has 3 nitrogen and oxygen atoms in total. The van der Waals surface area contributed by atoms with Gasteiger partial charge in [-0.2, -0.15) is 0 Å². The van der Waals surface area contributed by atoms with Crippen molar-refractivity contribution in [2.75, 3.05) is 7.11 Å². The van der Waals surface area contributed by atoms with Crippen LogP contribution >= 0.6 is 11.6 Å². The topological polar surface area (TPSA) is 38.3 Å². The SMILES string of the molecule is COc1ccc(CC(=O)NC(C)C)c(Cl)c1. The van der Waals surface area contributed by atoms with Gasteiger partial charge in [0, 0.05) is 11.1 Å². The van der Waals surface area contributed by atoms with Gasteiger partial charge in [-0.1, -0.05) is 17.7 Å². The maximum atomic E-state index is 11.5. The molecule has 0 spiro atoms. The molecule has 1 aromatic rings. The molecule has 0 aromatic heterocycles. The van der Waals surface area contributed by atoms with Crippen LogP contribution in [-0.2, 0) is 11.2 Å². The molecule has 0 radical (unpaired) electrons. The molecule has 0 aliphatic heterocycles. The van der Waals surface area contributed by atoms with Crippen molar-refractivity contribution in [2.24, 2.45) is 0 Å². The van der Waals surface area contributed by atoms with Crippen LogP contribution in [0.1, 0.15) is 19.4 Å². The molecule has 1 N–H and O–H groups in total. The highest BCUT2D eigenvalue weighted by Crippen LogP contribution is 2.22. The van der Waals surface area contributed by atoms with E-state index in [4.69, 9.17) is 16.3 Å². The van der Waals surface area contributed by atoms with Crippen LogP contribution in [0.15, 0.2) is 18.2 Å². The van der Waals surface area contributed by atoms with Crippen LogP contribution in [0.3, 0.4) is 0 Å². The van der Waals surface area contributed by atoms with E-state index in [2.05, 4.69) is 5.32 Å². The van der Waals surface area contributed by atoms with Crippen LogP contribution < -0.4 is 10.1 Å². The van der Waals surface area contributed by atoms with Gasteiger partial charge in [-0.15, -0.1) is 0 Å². The fourth-order valence-electron chi connectivity index (χ4n) is 1.34. The number of halogens is 1. The van der Waals surface area contributed by atoms with E-state index in [0.29, 0.717) is 17.2 Å². The van der Waals surface area contributed by atoms with E-state index in [0.717, 1.165) is 5.56 Å². The van der Waals surface area contributed by atoms with E-state index in [-0.39, 0.29) is 11.9 Å². The average Bonchev–Trinajstić information content (AvgIpc) is 2.19. The van der Waals surface area contributed by atoms with Gasteiger partial charge in [-0.25, -0.2) is 0 Å². The number of carbonyl (C=O) groups excluding carboxylic acids is 1. The van der Waals surface area contributed by atoms with Gasteiger partial charge in [0.15, 0.2) is 0 Å². The zero-order valence-corrected chi connectivity index (χ0v) is 10.5. The highest BCUT2D eigenvalue weighted by molar-refractivity contribution is 6.31. The molecular formula is C12H16ClNO2. The molecule has 0 fully saturated rings. The quantitative estimate of drug-likeness (QED) is 0.879. The Hall–Kier alpha value is -1.22. The Kier molecular flexibility index (Phi) is 4.62. The summed E-state index contributed by atoms with van der Waals surface area (Å²) in [5.41, 5.74) is 0.806. The molecule has 0 heterocycles.